The number of halogens is 5. The molecule has 2 nitrogen and oxygen atoms in total. The van der Waals surface area contributed by atoms with Crippen LogP contribution in [0.25, 0.3) is 0 Å². The van der Waals surface area contributed by atoms with Gasteiger partial charge in [-0.3, -0.25) is 0 Å². The minimum absolute atomic E-state index is 0.206. The van der Waals surface area contributed by atoms with E-state index in [4.69, 9.17) is 16.3 Å². The van der Waals surface area contributed by atoms with E-state index in [1.165, 1.54) is 25.3 Å². The first-order valence-electron chi connectivity index (χ1n) is 4.60. The predicted molar refractivity (Wildman–Crippen MR) is 57.4 cm³/mol. The van der Waals surface area contributed by atoms with Gasteiger partial charge < -0.3 is 10.1 Å². The molecule has 0 saturated heterocycles. The zero-order valence-corrected chi connectivity index (χ0v) is 9.57. The molecule has 1 rings (SSSR count). The summed E-state index contributed by atoms with van der Waals surface area (Å²) in [5, 5.41) is 2.39. The van der Waals surface area contributed by atoms with Gasteiger partial charge in [0.1, 0.15) is 5.75 Å². The molecule has 0 atom stereocenters. The lowest BCUT2D eigenvalue weighted by molar-refractivity contribution is -0.117. The van der Waals surface area contributed by atoms with Crippen molar-refractivity contribution < 1.29 is 22.3 Å². The van der Waals surface area contributed by atoms with E-state index in [1.54, 1.807) is 0 Å². The van der Waals surface area contributed by atoms with E-state index in [-0.39, 0.29) is 10.7 Å². The summed E-state index contributed by atoms with van der Waals surface area (Å²) in [6, 6.07) is 4.18. The first-order chi connectivity index (χ1) is 7.86. The van der Waals surface area contributed by atoms with Crippen LogP contribution in [0.2, 0.25) is 5.02 Å². The summed E-state index contributed by atoms with van der Waals surface area (Å²) < 4.78 is 53.8. The van der Waals surface area contributed by atoms with Gasteiger partial charge in [-0.15, -0.1) is 0 Å². The summed E-state index contributed by atoms with van der Waals surface area (Å²) in [6.07, 6.45) is -3.70. The Kier molecular flexibility index (Phi) is 4.45. The highest BCUT2D eigenvalue weighted by atomic mass is 35.5. The topological polar surface area (TPSA) is 21.3 Å². The predicted octanol–water partition coefficient (Wildman–Crippen LogP) is 3.66. The van der Waals surface area contributed by atoms with Crippen LogP contribution in [0.15, 0.2) is 18.2 Å². The molecule has 0 aliphatic heterocycles. The van der Waals surface area contributed by atoms with Crippen molar-refractivity contribution in [3.8, 4) is 5.75 Å². The summed E-state index contributed by atoms with van der Waals surface area (Å²) >= 11 is 5.74. The van der Waals surface area contributed by atoms with E-state index in [9.17, 15) is 17.6 Å². The number of anilines is 1. The third kappa shape index (κ3) is 3.66. The van der Waals surface area contributed by atoms with E-state index in [0.29, 0.717) is 5.75 Å². The lowest BCUT2D eigenvalue weighted by Crippen LogP contribution is -2.34. The largest absolute Gasteiger partial charge is 0.495 e. The van der Waals surface area contributed by atoms with Gasteiger partial charge in [0.15, 0.2) is 0 Å². The molecule has 7 heteroatoms. The number of hydrogen-bond acceptors (Lipinski definition) is 2. The van der Waals surface area contributed by atoms with E-state index < -0.39 is 18.9 Å². The molecule has 0 bridgehead atoms. The summed E-state index contributed by atoms with van der Waals surface area (Å²) in [6.45, 7) is -1.16. The number of methoxy groups -OCH3 is 1. The second-order valence-corrected chi connectivity index (χ2v) is 3.67. The number of nitrogens with one attached hydrogen (secondary N) is 1. The smallest absolute Gasteiger partial charge is 0.324 e. The normalized spacial score (nSPS) is 11.7. The minimum Gasteiger partial charge on any atom is -0.495 e. The van der Waals surface area contributed by atoms with Crippen LogP contribution in [0.4, 0.5) is 23.2 Å². The van der Waals surface area contributed by atoms with Crippen LogP contribution in [0.5, 0.6) is 5.75 Å². The third-order valence-electron chi connectivity index (χ3n) is 2.00. The zero-order chi connectivity index (χ0) is 13.1. The van der Waals surface area contributed by atoms with Gasteiger partial charge in [0.25, 0.3) is 0 Å². The van der Waals surface area contributed by atoms with Crippen LogP contribution in [0.3, 0.4) is 0 Å². The molecule has 1 aromatic rings. The molecule has 17 heavy (non-hydrogen) atoms. The van der Waals surface area contributed by atoms with E-state index in [0.717, 1.165) is 0 Å². The Bertz CT molecular complexity index is 387. The van der Waals surface area contributed by atoms with Crippen molar-refractivity contribution >= 4 is 17.3 Å². The van der Waals surface area contributed by atoms with Gasteiger partial charge >= 0.3 is 12.3 Å². The molecular weight excluding hydrogens is 262 g/mol. The SMILES string of the molecule is COc1ccc(NCC(F)(F)C(F)F)cc1Cl. The van der Waals surface area contributed by atoms with E-state index in [1.807, 2.05) is 0 Å². The molecule has 0 amide bonds. The van der Waals surface area contributed by atoms with Gasteiger partial charge in [-0.2, -0.15) is 8.78 Å². The minimum atomic E-state index is -4.08. The Balaban J connectivity index is 2.67. The van der Waals surface area contributed by atoms with Crippen molar-refractivity contribution in [2.45, 2.75) is 12.3 Å². The molecule has 0 fully saturated rings. The van der Waals surface area contributed by atoms with Crippen molar-refractivity contribution in [1.29, 1.82) is 0 Å². The zero-order valence-electron chi connectivity index (χ0n) is 8.81. The van der Waals surface area contributed by atoms with Gasteiger partial charge in [0.2, 0.25) is 0 Å². The number of alkyl halides is 4. The highest BCUT2D eigenvalue weighted by molar-refractivity contribution is 6.32. The van der Waals surface area contributed by atoms with Gasteiger partial charge in [0, 0.05) is 5.69 Å². The van der Waals surface area contributed by atoms with Crippen LogP contribution in [0, 0.1) is 0 Å². The highest BCUT2D eigenvalue weighted by Gasteiger charge is 2.40. The van der Waals surface area contributed by atoms with Crippen molar-refractivity contribution in [3.63, 3.8) is 0 Å². The van der Waals surface area contributed by atoms with E-state index in [2.05, 4.69) is 5.32 Å². The van der Waals surface area contributed by atoms with Crippen LogP contribution < -0.4 is 10.1 Å². The van der Waals surface area contributed by atoms with Crippen LogP contribution in [-0.4, -0.2) is 26.0 Å². The maximum atomic E-state index is 12.6. The van der Waals surface area contributed by atoms with Crippen LogP contribution in [-0.2, 0) is 0 Å². The molecule has 0 aliphatic carbocycles. The van der Waals surface area contributed by atoms with Crippen molar-refractivity contribution in [2.75, 3.05) is 19.0 Å². The Labute approximate surface area is 101 Å². The molecule has 0 saturated carbocycles. The summed E-state index contributed by atoms with van der Waals surface area (Å²) in [5.74, 6) is -3.70. The fourth-order valence-electron chi connectivity index (χ4n) is 1.07. The first kappa shape index (κ1) is 13.9. The van der Waals surface area contributed by atoms with Crippen LogP contribution in [0.1, 0.15) is 0 Å². The average Bonchev–Trinajstić information content (AvgIpc) is 2.26. The maximum Gasteiger partial charge on any atom is 0.324 e. The number of benzene rings is 1. The summed E-state index contributed by atoms with van der Waals surface area (Å²) in [4.78, 5) is 0. The molecule has 0 unspecified atom stereocenters. The lowest BCUT2D eigenvalue weighted by atomic mass is 10.2. The molecule has 1 aromatic carbocycles. The Hall–Kier alpha value is -1.17. The monoisotopic (exact) mass is 271 g/mol. The Morgan fingerprint density at radius 3 is 2.53 bits per heavy atom. The summed E-state index contributed by atoms with van der Waals surface area (Å²) in [5.41, 5.74) is 0.219. The van der Waals surface area contributed by atoms with E-state index >= 15 is 0 Å². The molecule has 96 valence electrons. The Morgan fingerprint density at radius 2 is 2.06 bits per heavy atom. The Morgan fingerprint density at radius 1 is 1.41 bits per heavy atom. The molecule has 1 N–H and O–H groups in total. The fourth-order valence-corrected chi connectivity index (χ4v) is 1.33. The van der Waals surface area contributed by atoms with Gasteiger partial charge in [-0.1, -0.05) is 11.6 Å². The van der Waals surface area contributed by atoms with Gasteiger partial charge in [-0.25, -0.2) is 8.78 Å². The van der Waals surface area contributed by atoms with Gasteiger partial charge in [-0.05, 0) is 18.2 Å². The van der Waals surface area contributed by atoms with Crippen molar-refractivity contribution in [1.82, 2.24) is 0 Å². The molecule has 0 aliphatic rings. The lowest BCUT2D eigenvalue weighted by Gasteiger charge is -2.16. The maximum absolute atomic E-state index is 12.6. The quantitative estimate of drug-likeness (QED) is 0.825. The molecule has 0 radical (unpaired) electrons. The molecule has 0 spiro atoms. The highest BCUT2D eigenvalue weighted by Crippen LogP contribution is 2.28. The number of rotatable bonds is 5. The standard InChI is InChI=1S/C10H10ClF4NO/c1-17-8-3-2-6(4-7(8)11)16-5-10(14,15)9(12)13/h2-4,9,16H,5H2,1H3. The average molecular weight is 272 g/mol. The second-order valence-electron chi connectivity index (χ2n) is 3.26. The summed E-state index contributed by atoms with van der Waals surface area (Å²) in [7, 11) is 1.40. The molecule has 0 heterocycles. The van der Waals surface area contributed by atoms with Crippen molar-refractivity contribution in [2.24, 2.45) is 0 Å². The number of hydrogen-bond donors (Lipinski definition) is 1. The van der Waals surface area contributed by atoms with Crippen LogP contribution >= 0.6 is 11.6 Å². The number of ether oxygens (including phenoxy) is 1. The third-order valence-corrected chi connectivity index (χ3v) is 2.29. The fraction of sp³-hybridized carbons (Fsp3) is 0.400. The van der Waals surface area contributed by atoms with Gasteiger partial charge in [0.05, 0.1) is 18.7 Å². The first-order valence-corrected chi connectivity index (χ1v) is 4.98. The van der Waals surface area contributed by atoms with Crippen molar-refractivity contribution in [3.05, 3.63) is 23.2 Å². The second kappa shape index (κ2) is 5.44. The molecular formula is C10H10ClF4NO. The molecule has 0 aromatic heterocycles.